The minimum Gasteiger partial charge on any atom is -0.364 e. The number of nitrogens with one attached hydrogen (secondary N) is 1. The molecule has 1 saturated heterocycles. The first-order valence-corrected chi connectivity index (χ1v) is 12.1. The molecule has 2 aromatic heterocycles. The zero-order chi connectivity index (χ0) is 26.7. The number of primary amides is 1. The monoisotopic (exact) mass is 501 g/mol. The van der Waals surface area contributed by atoms with E-state index in [4.69, 9.17) is 16.6 Å². The molecule has 192 valence electrons. The van der Waals surface area contributed by atoms with Crippen molar-refractivity contribution < 1.29 is 14.4 Å². The molecule has 10 nitrogen and oxygen atoms in total. The lowest BCUT2D eigenvalue weighted by Gasteiger charge is -2.34. The summed E-state index contributed by atoms with van der Waals surface area (Å²) >= 11 is 0. The van der Waals surface area contributed by atoms with Crippen molar-refractivity contribution in [3.8, 4) is 11.3 Å². The van der Waals surface area contributed by atoms with Crippen LogP contribution in [0.15, 0.2) is 54.2 Å². The van der Waals surface area contributed by atoms with E-state index >= 15 is 0 Å². The van der Waals surface area contributed by atoms with E-state index in [1.54, 1.807) is 47.5 Å². The highest BCUT2D eigenvalue weighted by Crippen LogP contribution is 2.33. The van der Waals surface area contributed by atoms with Crippen LogP contribution in [0.3, 0.4) is 0 Å². The first-order valence-electron chi connectivity index (χ1n) is 12.1. The van der Waals surface area contributed by atoms with Crippen molar-refractivity contribution >= 4 is 23.5 Å². The molecule has 3 heterocycles. The number of nitrogens with two attached hydrogens (primary N) is 2. The number of aryl methyl sites for hydroxylation is 1. The van der Waals surface area contributed by atoms with Crippen LogP contribution >= 0.6 is 0 Å². The molecule has 0 radical (unpaired) electrons. The molecular formula is C27H31N7O3. The summed E-state index contributed by atoms with van der Waals surface area (Å²) < 4.78 is 1.19. The van der Waals surface area contributed by atoms with Crippen molar-refractivity contribution in [1.29, 1.82) is 0 Å². The zero-order valence-electron chi connectivity index (χ0n) is 21.2. The van der Waals surface area contributed by atoms with Gasteiger partial charge >= 0.3 is 0 Å². The van der Waals surface area contributed by atoms with Gasteiger partial charge in [-0.05, 0) is 69.9 Å². The number of pyridine rings is 1. The number of likely N-dealkylation sites (tertiary alicyclic amines) is 1. The molecule has 1 aliphatic heterocycles. The van der Waals surface area contributed by atoms with Gasteiger partial charge in [0.2, 0.25) is 5.91 Å². The van der Waals surface area contributed by atoms with Gasteiger partial charge in [0.25, 0.3) is 11.8 Å². The number of imidazole rings is 1. The van der Waals surface area contributed by atoms with Crippen LogP contribution in [-0.4, -0.2) is 43.8 Å². The van der Waals surface area contributed by atoms with E-state index < -0.39 is 5.91 Å². The number of rotatable bonds is 6. The van der Waals surface area contributed by atoms with Gasteiger partial charge in [-0.15, -0.1) is 0 Å². The summed E-state index contributed by atoms with van der Waals surface area (Å²) in [4.78, 5) is 48.6. The standard InChI is InChI=1S/C27H31N7O3/c1-16(2)14-22(35)33-13-5-4-6-20(33)26-32-23(24(25(28)36)34(26)29)18-7-9-19(10-8-18)27(37)31-21-15-17(3)11-12-30-21/h7-12,14-15,20H,4-6,13,29H2,1-3H3,(H2,28,36)(H,30,31,37)/t20-/m0/s1. The number of nitrogen functional groups attached to an aromatic ring is 1. The topological polar surface area (TPSA) is 149 Å². The number of hydrogen-bond acceptors (Lipinski definition) is 6. The molecule has 0 bridgehead atoms. The van der Waals surface area contributed by atoms with Crippen LogP contribution in [0.2, 0.25) is 0 Å². The molecule has 3 aromatic rings. The minimum absolute atomic E-state index is 0.0383. The third-order valence-electron chi connectivity index (χ3n) is 6.25. The van der Waals surface area contributed by atoms with E-state index in [1.807, 2.05) is 26.8 Å². The van der Waals surface area contributed by atoms with E-state index in [-0.39, 0.29) is 23.6 Å². The van der Waals surface area contributed by atoms with Crippen LogP contribution in [-0.2, 0) is 4.79 Å². The average Bonchev–Trinajstić information content (AvgIpc) is 3.21. The molecule has 1 aromatic carbocycles. The Balaban J connectivity index is 1.65. The first-order chi connectivity index (χ1) is 17.7. The molecule has 5 N–H and O–H groups in total. The second-order valence-electron chi connectivity index (χ2n) is 9.42. The van der Waals surface area contributed by atoms with E-state index in [2.05, 4.69) is 10.3 Å². The van der Waals surface area contributed by atoms with Gasteiger partial charge in [-0.1, -0.05) is 17.7 Å². The van der Waals surface area contributed by atoms with Crippen molar-refractivity contribution in [3.05, 3.63) is 76.9 Å². The highest BCUT2D eigenvalue weighted by Gasteiger charge is 2.33. The van der Waals surface area contributed by atoms with Crippen LogP contribution in [0.4, 0.5) is 5.82 Å². The van der Waals surface area contributed by atoms with E-state index in [0.717, 1.165) is 24.0 Å². The predicted molar refractivity (Wildman–Crippen MR) is 141 cm³/mol. The van der Waals surface area contributed by atoms with Crippen molar-refractivity contribution in [3.63, 3.8) is 0 Å². The number of amides is 3. The van der Waals surface area contributed by atoms with Gasteiger partial charge in [-0.25, -0.2) is 14.6 Å². The lowest BCUT2D eigenvalue weighted by atomic mass is 10.0. The number of nitrogens with zero attached hydrogens (tertiary/aromatic N) is 4. The van der Waals surface area contributed by atoms with Gasteiger partial charge in [0.1, 0.15) is 11.5 Å². The summed E-state index contributed by atoms with van der Waals surface area (Å²) in [5.74, 6) is 6.02. The number of aromatic nitrogens is 3. The van der Waals surface area contributed by atoms with E-state index in [0.29, 0.717) is 41.4 Å². The molecule has 0 aliphatic carbocycles. The Kier molecular flexibility index (Phi) is 7.37. The fourth-order valence-electron chi connectivity index (χ4n) is 4.49. The van der Waals surface area contributed by atoms with Crippen molar-refractivity contribution in [2.24, 2.45) is 5.73 Å². The van der Waals surface area contributed by atoms with Crippen molar-refractivity contribution in [1.82, 2.24) is 19.5 Å². The smallest absolute Gasteiger partial charge is 0.269 e. The van der Waals surface area contributed by atoms with E-state index in [9.17, 15) is 14.4 Å². The lowest BCUT2D eigenvalue weighted by Crippen LogP contribution is -2.40. The zero-order valence-corrected chi connectivity index (χ0v) is 21.2. The van der Waals surface area contributed by atoms with Crippen LogP contribution in [0.25, 0.3) is 11.3 Å². The summed E-state index contributed by atoms with van der Waals surface area (Å²) in [6.45, 7) is 6.22. The number of anilines is 1. The SMILES string of the molecule is CC(C)=CC(=O)N1CCCC[C@H]1c1nc(-c2ccc(C(=O)Nc3cc(C)ccn3)cc2)c(C(N)=O)n1N. The Morgan fingerprint density at radius 1 is 1.11 bits per heavy atom. The normalized spacial score (nSPS) is 15.2. The molecular weight excluding hydrogens is 470 g/mol. The summed E-state index contributed by atoms with van der Waals surface area (Å²) in [6, 6.07) is 9.86. The molecule has 0 saturated carbocycles. The molecule has 1 aliphatic rings. The summed E-state index contributed by atoms with van der Waals surface area (Å²) in [6.07, 6.45) is 5.66. The van der Waals surface area contributed by atoms with Gasteiger partial charge in [-0.2, -0.15) is 0 Å². The van der Waals surface area contributed by atoms with Crippen molar-refractivity contribution in [2.45, 2.75) is 46.1 Å². The Morgan fingerprint density at radius 2 is 1.84 bits per heavy atom. The maximum absolute atomic E-state index is 12.9. The average molecular weight is 502 g/mol. The molecule has 3 amide bonds. The number of piperidine rings is 1. The lowest BCUT2D eigenvalue weighted by molar-refractivity contribution is -0.130. The Morgan fingerprint density at radius 3 is 2.49 bits per heavy atom. The maximum Gasteiger partial charge on any atom is 0.269 e. The molecule has 0 spiro atoms. The van der Waals surface area contributed by atoms with Crippen molar-refractivity contribution in [2.75, 3.05) is 17.7 Å². The van der Waals surface area contributed by atoms with Crippen LogP contribution in [0.5, 0.6) is 0 Å². The molecule has 1 atom stereocenters. The van der Waals surface area contributed by atoms with Gasteiger partial charge in [0, 0.05) is 29.9 Å². The number of hydrogen-bond donors (Lipinski definition) is 3. The molecule has 1 fully saturated rings. The second kappa shape index (κ2) is 10.7. The maximum atomic E-state index is 12.9. The highest BCUT2D eigenvalue weighted by molar-refractivity contribution is 6.04. The fourth-order valence-corrected chi connectivity index (χ4v) is 4.49. The van der Waals surface area contributed by atoms with Crippen LogP contribution < -0.4 is 16.9 Å². The third kappa shape index (κ3) is 5.53. The largest absolute Gasteiger partial charge is 0.364 e. The Labute approximate surface area is 215 Å². The molecule has 10 heteroatoms. The number of carbonyl (C=O) groups is 3. The van der Waals surface area contributed by atoms with Gasteiger partial charge in [-0.3, -0.25) is 14.4 Å². The fraction of sp³-hybridized carbons (Fsp3) is 0.296. The second-order valence-corrected chi connectivity index (χ2v) is 9.42. The summed E-state index contributed by atoms with van der Waals surface area (Å²) in [7, 11) is 0. The molecule has 37 heavy (non-hydrogen) atoms. The number of allylic oxidation sites excluding steroid dienone is 1. The summed E-state index contributed by atoms with van der Waals surface area (Å²) in [5.41, 5.74) is 8.89. The minimum atomic E-state index is -0.735. The highest BCUT2D eigenvalue weighted by atomic mass is 16.2. The van der Waals surface area contributed by atoms with Gasteiger partial charge in [0.15, 0.2) is 11.5 Å². The molecule has 4 rings (SSSR count). The third-order valence-corrected chi connectivity index (χ3v) is 6.25. The Bertz CT molecular complexity index is 1370. The van der Waals surface area contributed by atoms with E-state index in [1.165, 1.54) is 4.68 Å². The van der Waals surface area contributed by atoms with Crippen LogP contribution in [0.1, 0.15) is 71.4 Å². The Hall–Kier alpha value is -4.47. The summed E-state index contributed by atoms with van der Waals surface area (Å²) in [5, 5.41) is 2.77. The number of benzene rings is 1. The van der Waals surface area contributed by atoms with Gasteiger partial charge < -0.3 is 21.8 Å². The molecule has 0 unspecified atom stereocenters. The first kappa shape index (κ1) is 25.6. The predicted octanol–water partition coefficient (Wildman–Crippen LogP) is 3.34. The van der Waals surface area contributed by atoms with Gasteiger partial charge in [0.05, 0.1) is 6.04 Å². The quantitative estimate of drug-likeness (QED) is 0.348. The number of carbonyl (C=O) groups excluding carboxylic acids is 3. The van der Waals surface area contributed by atoms with Crippen LogP contribution in [0, 0.1) is 6.92 Å².